The maximum Gasteiger partial charge on any atom is 0.0605 e. The van der Waals surface area contributed by atoms with E-state index < -0.39 is 0 Å². The Kier molecular flexibility index (Phi) is 4.95. The normalized spacial score (nSPS) is 20.3. The standard InChI is InChI=1S/C15H17Cl2N/c1-12-4-2-6-18(11-12)7-3-5-13-8-14(16)10-15(17)9-13/h8-10,12H,2,4,6-7,11H2,1H3. The smallest absolute Gasteiger partial charge is 0.0605 e. The highest BCUT2D eigenvalue weighted by atomic mass is 35.5. The van der Waals surface area contributed by atoms with Gasteiger partial charge < -0.3 is 0 Å². The first-order valence-corrected chi connectivity index (χ1v) is 7.06. The predicted molar refractivity (Wildman–Crippen MR) is 78.2 cm³/mol. The third kappa shape index (κ3) is 4.21. The van der Waals surface area contributed by atoms with Gasteiger partial charge in [0.2, 0.25) is 0 Å². The largest absolute Gasteiger partial charge is 0.292 e. The minimum absolute atomic E-state index is 0.637. The van der Waals surface area contributed by atoms with Crippen LogP contribution < -0.4 is 0 Å². The highest BCUT2D eigenvalue weighted by molar-refractivity contribution is 6.34. The lowest BCUT2D eigenvalue weighted by Crippen LogP contribution is -2.34. The molecule has 0 radical (unpaired) electrons. The molecule has 18 heavy (non-hydrogen) atoms. The lowest BCUT2D eigenvalue weighted by Gasteiger charge is -2.28. The molecule has 2 rings (SSSR count). The molecule has 1 saturated heterocycles. The quantitative estimate of drug-likeness (QED) is 0.702. The van der Waals surface area contributed by atoms with Crippen molar-refractivity contribution in [2.45, 2.75) is 19.8 Å². The zero-order valence-corrected chi connectivity index (χ0v) is 12.1. The molecule has 1 atom stereocenters. The number of rotatable bonds is 1. The van der Waals surface area contributed by atoms with E-state index in [0.29, 0.717) is 10.0 Å². The summed E-state index contributed by atoms with van der Waals surface area (Å²) in [6.07, 6.45) is 2.62. The minimum Gasteiger partial charge on any atom is -0.292 e. The average molecular weight is 282 g/mol. The molecule has 1 aliphatic heterocycles. The van der Waals surface area contributed by atoms with E-state index in [9.17, 15) is 0 Å². The summed E-state index contributed by atoms with van der Waals surface area (Å²) in [6.45, 7) is 5.45. The first-order valence-electron chi connectivity index (χ1n) is 6.31. The summed E-state index contributed by atoms with van der Waals surface area (Å²) in [7, 11) is 0. The molecule has 0 spiro atoms. The molecule has 1 aromatic carbocycles. The first-order chi connectivity index (χ1) is 8.63. The van der Waals surface area contributed by atoms with Gasteiger partial charge in [0, 0.05) is 22.2 Å². The molecule has 3 heteroatoms. The zero-order chi connectivity index (χ0) is 13.0. The Morgan fingerprint density at radius 2 is 2.00 bits per heavy atom. The van der Waals surface area contributed by atoms with Crippen molar-refractivity contribution in [3.63, 3.8) is 0 Å². The van der Waals surface area contributed by atoms with Gasteiger partial charge in [-0.15, -0.1) is 0 Å². The van der Waals surface area contributed by atoms with Gasteiger partial charge in [0.1, 0.15) is 0 Å². The fourth-order valence-electron chi connectivity index (χ4n) is 2.31. The first kappa shape index (κ1) is 13.7. The highest BCUT2D eigenvalue weighted by Crippen LogP contribution is 2.18. The molecule has 0 aliphatic carbocycles. The summed E-state index contributed by atoms with van der Waals surface area (Å²) in [6, 6.07) is 5.42. The Hall–Kier alpha value is -0.680. The molecule has 96 valence electrons. The van der Waals surface area contributed by atoms with Crippen molar-refractivity contribution >= 4 is 23.2 Å². The third-order valence-corrected chi connectivity index (χ3v) is 3.58. The van der Waals surface area contributed by atoms with Gasteiger partial charge in [-0.05, 0) is 43.5 Å². The monoisotopic (exact) mass is 281 g/mol. The fourth-order valence-corrected chi connectivity index (χ4v) is 2.84. The van der Waals surface area contributed by atoms with Crippen LogP contribution in [0.15, 0.2) is 18.2 Å². The maximum absolute atomic E-state index is 5.93. The van der Waals surface area contributed by atoms with Crippen molar-refractivity contribution < 1.29 is 0 Å². The highest BCUT2D eigenvalue weighted by Gasteiger charge is 2.14. The van der Waals surface area contributed by atoms with Crippen LogP contribution in [0.2, 0.25) is 10.0 Å². The lowest BCUT2D eigenvalue weighted by molar-refractivity contribution is 0.204. The van der Waals surface area contributed by atoms with Crippen LogP contribution in [0, 0.1) is 17.8 Å². The number of likely N-dealkylation sites (tertiary alicyclic amines) is 1. The van der Waals surface area contributed by atoms with Crippen molar-refractivity contribution in [2.24, 2.45) is 5.92 Å². The van der Waals surface area contributed by atoms with E-state index in [1.165, 1.54) is 12.8 Å². The van der Waals surface area contributed by atoms with Gasteiger partial charge in [-0.3, -0.25) is 4.90 Å². The third-order valence-electron chi connectivity index (χ3n) is 3.14. The molecule has 1 aromatic rings. The number of hydrogen-bond acceptors (Lipinski definition) is 1. The van der Waals surface area contributed by atoms with Gasteiger partial charge in [-0.2, -0.15) is 0 Å². The molecule has 1 fully saturated rings. The molecule has 1 aliphatic rings. The number of piperidine rings is 1. The molecular formula is C15H17Cl2N. The second-order valence-corrected chi connectivity index (χ2v) is 5.82. The Morgan fingerprint density at radius 1 is 1.28 bits per heavy atom. The number of benzene rings is 1. The summed E-state index contributed by atoms with van der Waals surface area (Å²) in [4.78, 5) is 2.41. The van der Waals surface area contributed by atoms with Crippen LogP contribution >= 0.6 is 23.2 Å². The van der Waals surface area contributed by atoms with Crippen molar-refractivity contribution in [3.8, 4) is 11.8 Å². The van der Waals surface area contributed by atoms with E-state index in [-0.39, 0.29) is 0 Å². The van der Waals surface area contributed by atoms with E-state index in [4.69, 9.17) is 23.2 Å². The van der Waals surface area contributed by atoms with Crippen LogP contribution in [0.3, 0.4) is 0 Å². The molecule has 0 N–H and O–H groups in total. The molecular weight excluding hydrogens is 265 g/mol. The summed E-state index contributed by atoms with van der Waals surface area (Å²) in [5.74, 6) is 7.13. The van der Waals surface area contributed by atoms with Gasteiger partial charge in [-0.25, -0.2) is 0 Å². The Bertz CT molecular complexity index is 453. The lowest BCUT2D eigenvalue weighted by atomic mass is 10.0. The molecule has 0 saturated carbocycles. The van der Waals surface area contributed by atoms with Crippen LogP contribution in [-0.2, 0) is 0 Å². The van der Waals surface area contributed by atoms with Crippen molar-refractivity contribution in [1.82, 2.24) is 4.90 Å². The van der Waals surface area contributed by atoms with E-state index in [1.54, 1.807) is 6.07 Å². The van der Waals surface area contributed by atoms with Crippen LogP contribution in [0.4, 0.5) is 0 Å². The topological polar surface area (TPSA) is 3.24 Å². The summed E-state index contributed by atoms with van der Waals surface area (Å²) in [5.41, 5.74) is 0.887. The second-order valence-electron chi connectivity index (χ2n) is 4.94. The number of nitrogens with zero attached hydrogens (tertiary/aromatic N) is 1. The Morgan fingerprint density at radius 3 is 2.67 bits per heavy atom. The minimum atomic E-state index is 0.637. The molecule has 1 nitrogen and oxygen atoms in total. The van der Waals surface area contributed by atoms with Crippen LogP contribution in [0.1, 0.15) is 25.3 Å². The van der Waals surface area contributed by atoms with Crippen molar-refractivity contribution in [3.05, 3.63) is 33.8 Å². The van der Waals surface area contributed by atoms with Crippen LogP contribution in [-0.4, -0.2) is 24.5 Å². The summed E-state index contributed by atoms with van der Waals surface area (Å²) >= 11 is 11.9. The Labute approximate surface area is 119 Å². The van der Waals surface area contributed by atoms with Gasteiger partial charge in [0.25, 0.3) is 0 Å². The molecule has 0 bridgehead atoms. The van der Waals surface area contributed by atoms with E-state index in [2.05, 4.69) is 23.7 Å². The van der Waals surface area contributed by atoms with Crippen LogP contribution in [0.5, 0.6) is 0 Å². The molecule has 1 unspecified atom stereocenters. The van der Waals surface area contributed by atoms with Crippen molar-refractivity contribution in [2.75, 3.05) is 19.6 Å². The summed E-state index contributed by atoms with van der Waals surface area (Å²) < 4.78 is 0. The Balaban J connectivity index is 1.95. The molecule has 1 heterocycles. The zero-order valence-electron chi connectivity index (χ0n) is 10.5. The predicted octanol–water partition coefficient (Wildman–Crippen LogP) is 4.08. The molecule has 0 aromatic heterocycles. The maximum atomic E-state index is 5.93. The fraction of sp³-hybridized carbons (Fsp3) is 0.467. The number of hydrogen-bond donors (Lipinski definition) is 0. The van der Waals surface area contributed by atoms with Crippen LogP contribution in [0.25, 0.3) is 0 Å². The van der Waals surface area contributed by atoms with Gasteiger partial charge in [-0.1, -0.05) is 42.0 Å². The van der Waals surface area contributed by atoms with E-state index in [0.717, 1.165) is 31.1 Å². The second kappa shape index (κ2) is 6.48. The van der Waals surface area contributed by atoms with Gasteiger partial charge in [0.15, 0.2) is 0 Å². The number of halogens is 2. The SMILES string of the molecule is CC1CCCN(CC#Cc2cc(Cl)cc(Cl)c2)C1. The van der Waals surface area contributed by atoms with E-state index in [1.807, 2.05) is 12.1 Å². The summed E-state index contributed by atoms with van der Waals surface area (Å²) in [5, 5.41) is 1.27. The van der Waals surface area contributed by atoms with Gasteiger partial charge in [0.05, 0.1) is 6.54 Å². The van der Waals surface area contributed by atoms with Gasteiger partial charge >= 0.3 is 0 Å². The average Bonchev–Trinajstić information content (AvgIpc) is 2.27. The van der Waals surface area contributed by atoms with E-state index >= 15 is 0 Å². The molecule has 0 amide bonds. The van der Waals surface area contributed by atoms with Crippen molar-refractivity contribution in [1.29, 1.82) is 0 Å².